The molecule has 0 radical (unpaired) electrons. The highest BCUT2D eigenvalue weighted by Crippen LogP contribution is 2.09. The van der Waals surface area contributed by atoms with Crippen LogP contribution in [0, 0.1) is 0 Å². The molecular formula is C6H8N2O2. The first-order valence-electron chi connectivity index (χ1n) is 3.22. The zero-order valence-corrected chi connectivity index (χ0v) is 5.41. The molecule has 0 spiro atoms. The van der Waals surface area contributed by atoms with Crippen molar-refractivity contribution in [3.8, 4) is 0 Å². The Morgan fingerprint density at radius 1 is 1.90 bits per heavy atom. The van der Waals surface area contributed by atoms with Crippen LogP contribution in [-0.4, -0.2) is 22.3 Å². The number of nitrogens with zero attached hydrogens (tertiary/aromatic N) is 1. The van der Waals surface area contributed by atoms with Crippen LogP contribution < -0.4 is 5.69 Å². The van der Waals surface area contributed by atoms with E-state index in [1.54, 1.807) is 17.0 Å². The maximum Gasteiger partial charge on any atom is 0.325 e. The molecule has 1 aromatic rings. The largest absolute Gasteiger partial charge is 0.371 e. The molecule has 1 N–H and O–H groups in total. The molecule has 4 heteroatoms. The van der Waals surface area contributed by atoms with Crippen molar-refractivity contribution in [1.82, 2.24) is 9.55 Å². The van der Waals surface area contributed by atoms with Gasteiger partial charge in [-0.15, -0.1) is 0 Å². The van der Waals surface area contributed by atoms with Gasteiger partial charge in [-0.05, 0) is 0 Å². The number of rotatable bonds is 2. The highest BCUT2D eigenvalue weighted by Gasteiger charge is 2.22. The van der Waals surface area contributed by atoms with Gasteiger partial charge in [0.15, 0.2) is 0 Å². The molecule has 0 aromatic carbocycles. The molecule has 0 saturated carbocycles. The third kappa shape index (κ3) is 0.974. The molecule has 1 saturated heterocycles. The van der Waals surface area contributed by atoms with Crippen LogP contribution in [0.25, 0.3) is 0 Å². The summed E-state index contributed by atoms with van der Waals surface area (Å²) in [5, 5.41) is 0. The minimum atomic E-state index is -0.0597. The van der Waals surface area contributed by atoms with Crippen LogP contribution in [-0.2, 0) is 11.3 Å². The number of hydrogen-bond acceptors (Lipinski definition) is 2. The van der Waals surface area contributed by atoms with E-state index in [1.807, 2.05) is 0 Å². The Bertz CT molecular complexity index is 271. The van der Waals surface area contributed by atoms with Crippen LogP contribution >= 0.6 is 0 Å². The van der Waals surface area contributed by atoms with Gasteiger partial charge in [0.05, 0.1) is 19.3 Å². The topological polar surface area (TPSA) is 50.3 Å². The van der Waals surface area contributed by atoms with Crippen molar-refractivity contribution in [3.63, 3.8) is 0 Å². The van der Waals surface area contributed by atoms with Gasteiger partial charge in [-0.1, -0.05) is 0 Å². The molecule has 1 atom stereocenters. The molecule has 1 aliphatic rings. The minimum Gasteiger partial charge on any atom is -0.371 e. The monoisotopic (exact) mass is 140 g/mol. The summed E-state index contributed by atoms with van der Waals surface area (Å²) >= 11 is 0. The quantitative estimate of drug-likeness (QED) is 0.567. The molecule has 1 fully saturated rings. The number of nitrogens with one attached hydrogen (secondary N) is 1. The molecule has 0 amide bonds. The van der Waals surface area contributed by atoms with E-state index in [1.165, 1.54) is 0 Å². The minimum absolute atomic E-state index is 0.0597. The lowest BCUT2D eigenvalue weighted by molar-refractivity contribution is 0.380. The molecule has 2 heterocycles. The number of hydrogen-bond donors (Lipinski definition) is 1. The van der Waals surface area contributed by atoms with Crippen molar-refractivity contribution in [3.05, 3.63) is 22.9 Å². The van der Waals surface area contributed by atoms with E-state index in [4.69, 9.17) is 4.74 Å². The first-order valence-corrected chi connectivity index (χ1v) is 3.22. The average Bonchev–Trinajstić information content (AvgIpc) is 2.62. The molecule has 0 aliphatic carbocycles. The third-order valence-electron chi connectivity index (χ3n) is 1.52. The highest BCUT2D eigenvalue weighted by molar-refractivity contribution is 4.80. The lowest BCUT2D eigenvalue weighted by Gasteiger charge is -1.92. The summed E-state index contributed by atoms with van der Waals surface area (Å²) in [6.07, 6.45) is 3.63. The van der Waals surface area contributed by atoms with Gasteiger partial charge >= 0.3 is 5.69 Å². The summed E-state index contributed by atoms with van der Waals surface area (Å²) in [6.45, 7) is 1.47. The summed E-state index contributed by atoms with van der Waals surface area (Å²) in [7, 11) is 0. The van der Waals surface area contributed by atoms with Crippen LogP contribution in [0.5, 0.6) is 0 Å². The molecule has 1 aliphatic heterocycles. The van der Waals surface area contributed by atoms with Gasteiger partial charge < -0.3 is 9.72 Å². The fourth-order valence-corrected chi connectivity index (χ4v) is 0.886. The van der Waals surface area contributed by atoms with Gasteiger partial charge in [0, 0.05) is 12.4 Å². The first-order chi connectivity index (χ1) is 4.86. The van der Waals surface area contributed by atoms with Gasteiger partial charge in [-0.2, -0.15) is 0 Å². The van der Waals surface area contributed by atoms with Crippen molar-refractivity contribution in [2.24, 2.45) is 0 Å². The van der Waals surface area contributed by atoms with Crippen molar-refractivity contribution in [2.75, 3.05) is 6.61 Å². The number of H-pyrrole nitrogens is 1. The van der Waals surface area contributed by atoms with Crippen LogP contribution in [0.4, 0.5) is 0 Å². The Morgan fingerprint density at radius 3 is 3.20 bits per heavy atom. The molecule has 0 bridgehead atoms. The molecule has 10 heavy (non-hydrogen) atoms. The van der Waals surface area contributed by atoms with E-state index in [2.05, 4.69) is 4.98 Å². The van der Waals surface area contributed by atoms with E-state index in [9.17, 15) is 4.79 Å². The van der Waals surface area contributed by atoms with Crippen molar-refractivity contribution < 1.29 is 4.74 Å². The summed E-state index contributed by atoms with van der Waals surface area (Å²) in [5.74, 6) is 0. The average molecular weight is 140 g/mol. The highest BCUT2D eigenvalue weighted by atomic mass is 16.6. The SMILES string of the molecule is O=c1[nH]ccn1CC1CO1. The number of epoxide rings is 1. The Hall–Kier alpha value is -1.03. The van der Waals surface area contributed by atoms with Crippen molar-refractivity contribution in [1.29, 1.82) is 0 Å². The number of aromatic nitrogens is 2. The zero-order valence-electron chi connectivity index (χ0n) is 5.41. The lowest BCUT2D eigenvalue weighted by Crippen LogP contribution is -2.18. The van der Waals surface area contributed by atoms with Crippen LogP contribution in [0.1, 0.15) is 0 Å². The van der Waals surface area contributed by atoms with E-state index in [-0.39, 0.29) is 11.8 Å². The zero-order chi connectivity index (χ0) is 6.97. The summed E-state index contributed by atoms with van der Waals surface area (Å²) in [5.41, 5.74) is -0.0597. The van der Waals surface area contributed by atoms with E-state index in [0.29, 0.717) is 6.54 Å². The standard InChI is InChI=1S/C6H8N2O2/c9-6-7-1-2-8(6)3-5-4-10-5/h1-2,5H,3-4H2,(H,7,9). The second kappa shape index (κ2) is 1.98. The van der Waals surface area contributed by atoms with Crippen LogP contribution in [0.2, 0.25) is 0 Å². The fourth-order valence-electron chi connectivity index (χ4n) is 0.886. The second-order valence-electron chi connectivity index (χ2n) is 2.37. The first kappa shape index (κ1) is 5.73. The fraction of sp³-hybridized carbons (Fsp3) is 0.500. The predicted molar refractivity (Wildman–Crippen MR) is 34.8 cm³/mol. The number of ether oxygens (including phenoxy) is 1. The van der Waals surface area contributed by atoms with Gasteiger partial charge in [-0.3, -0.25) is 4.57 Å². The summed E-state index contributed by atoms with van der Waals surface area (Å²) < 4.78 is 6.57. The maximum absolute atomic E-state index is 10.8. The van der Waals surface area contributed by atoms with E-state index in [0.717, 1.165) is 6.61 Å². The van der Waals surface area contributed by atoms with Gasteiger partial charge in [0.25, 0.3) is 0 Å². The molecular weight excluding hydrogens is 132 g/mol. The smallest absolute Gasteiger partial charge is 0.325 e. The predicted octanol–water partition coefficient (Wildman–Crippen LogP) is -0.425. The Kier molecular flexibility index (Phi) is 1.14. The van der Waals surface area contributed by atoms with Gasteiger partial charge in [0.2, 0.25) is 0 Å². The maximum atomic E-state index is 10.8. The summed E-state index contributed by atoms with van der Waals surface area (Å²) in [4.78, 5) is 13.4. The van der Waals surface area contributed by atoms with E-state index >= 15 is 0 Å². The summed E-state index contributed by atoms with van der Waals surface area (Å²) in [6, 6.07) is 0. The molecule has 1 aromatic heterocycles. The molecule has 4 nitrogen and oxygen atoms in total. The Labute approximate surface area is 57.4 Å². The Morgan fingerprint density at radius 2 is 2.70 bits per heavy atom. The van der Waals surface area contributed by atoms with Gasteiger partial charge in [-0.25, -0.2) is 4.79 Å². The van der Waals surface area contributed by atoms with Crippen LogP contribution in [0.3, 0.4) is 0 Å². The van der Waals surface area contributed by atoms with Crippen molar-refractivity contribution in [2.45, 2.75) is 12.6 Å². The third-order valence-corrected chi connectivity index (χ3v) is 1.52. The second-order valence-corrected chi connectivity index (χ2v) is 2.37. The number of aromatic amines is 1. The normalized spacial score (nSPS) is 23.0. The number of imidazole rings is 1. The lowest BCUT2D eigenvalue weighted by atomic mass is 10.5. The van der Waals surface area contributed by atoms with Gasteiger partial charge in [0.1, 0.15) is 0 Å². The van der Waals surface area contributed by atoms with Crippen molar-refractivity contribution >= 4 is 0 Å². The Balaban J connectivity index is 2.16. The molecule has 2 rings (SSSR count). The van der Waals surface area contributed by atoms with E-state index < -0.39 is 0 Å². The molecule has 1 unspecified atom stereocenters. The van der Waals surface area contributed by atoms with Crippen LogP contribution in [0.15, 0.2) is 17.2 Å². The molecule has 54 valence electrons.